The van der Waals surface area contributed by atoms with Crippen LogP contribution in [0.15, 0.2) is 0 Å². The Morgan fingerprint density at radius 2 is 2.29 bits per heavy atom. The lowest BCUT2D eigenvalue weighted by Gasteiger charge is -2.19. The molecule has 98 valence electrons. The highest BCUT2D eigenvalue weighted by molar-refractivity contribution is 7.84. The van der Waals surface area contributed by atoms with Crippen LogP contribution in [0.4, 0.5) is 0 Å². The zero-order chi connectivity index (χ0) is 12.4. The van der Waals surface area contributed by atoms with Crippen LogP contribution >= 0.6 is 0 Å². The number of hydrogen-bond donors (Lipinski definition) is 2. The van der Waals surface area contributed by atoms with Crippen molar-refractivity contribution in [2.75, 3.05) is 12.8 Å². The maximum atomic E-state index is 12.0. The van der Waals surface area contributed by atoms with Gasteiger partial charge >= 0.3 is 0 Å². The first-order valence-corrected chi connectivity index (χ1v) is 8.06. The fourth-order valence-corrected chi connectivity index (χ4v) is 3.26. The summed E-state index contributed by atoms with van der Waals surface area (Å²) in [6, 6.07) is 0.968. The van der Waals surface area contributed by atoms with Gasteiger partial charge in [-0.05, 0) is 25.7 Å². The predicted octanol–water partition coefficient (Wildman–Crippen LogP) is 0.400. The second kappa shape index (κ2) is 5.48. The number of nitrogens with one attached hydrogen (secondary N) is 2. The molecule has 0 spiro atoms. The van der Waals surface area contributed by atoms with Gasteiger partial charge in [-0.3, -0.25) is 9.00 Å². The molecule has 0 aromatic heterocycles. The van der Waals surface area contributed by atoms with Crippen LogP contribution in [0.3, 0.4) is 0 Å². The number of rotatable bonds is 5. The Morgan fingerprint density at radius 3 is 2.82 bits per heavy atom. The molecular weight excluding hydrogens is 236 g/mol. The van der Waals surface area contributed by atoms with Crippen molar-refractivity contribution < 1.29 is 9.00 Å². The van der Waals surface area contributed by atoms with Crippen molar-refractivity contribution in [1.29, 1.82) is 0 Å². The SMILES string of the molecule is CC(CCNC(=O)C1CC2CCC1N2)S(C)=O. The quantitative estimate of drug-likeness (QED) is 0.750. The minimum absolute atomic E-state index is 0.161. The molecule has 0 aromatic rings. The Hall–Kier alpha value is -0.420. The molecule has 0 saturated carbocycles. The molecule has 2 fully saturated rings. The van der Waals surface area contributed by atoms with E-state index in [1.54, 1.807) is 6.26 Å². The van der Waals surface area contributed by atoms with Crippen molar-refractivity contribution in [2.24, 2.45) is 5.92 Å². The maximum absolute atomic E-state index is 12.0. The lowest BCUT2D eigenvalue weighted by atomic mass is 9.88. The molecule has 17 heavy (non-hydrogen) atoms. The molecule has 0 radical (unpaired) electrons. The number of amides is 1. The van der Waals surface area contributed by atoms with Crippen molar-refractivity contribution in [3.63, 3.8) is 0 Å². The summed E-state index contributed by atoms with van der Waals surface area (Å²) < 4.78 is 11.2. The summed E-state index contributed by atoms with van der Waals surface area (Å²) in [6.45, 7) is 2.61. The van der Waals surface area contributed by atoms with Crippen molar-refractivity contribution in [1.82, 2.24) is 10.6 Å². The zero-order valence-electron chi connectivity index (χ0n) is 10.6. The molecule has 0 aromatic carbocycles. The highest BCUT2D eigenvalue weighted by atomic mass is 32.2. The van der Waals surface area contributed by atoms with Crippen LogP contribution in [0.1, 0.15) is 32.6 Å². The van der Waals surface area contributed by atoms with Gasteiger partial charge in [0.2, 0.25) is 5.91 Å². The monoisotopic (exact) mass is 258 g/mol. The Labute approximate surface area is 105 Å². The highest BCUT2D eigenvalue weighted by Crippen LogP contribution is 2.33. The summed E-state index contributed by atoms with van der Waals surface area (Å²) in [4.78, 5) is 12.0. The van der Waals surface area contributed by atoms with Gasteiger partial charge in [-0.25, -0.2) is 0 Å². The van der Waals surface area contributed by atoms with Crippen molar-refractivity contribution in [2.45, 2.75) is 49.9 Å². The van der Waals surface area contributed by atoms with Crippen LogP contribution in [0.2, 0.25) is 0 Å². The Kier molecular flexibility index (Phi) is 4.20. The second-order valence-corrected chi connectivity index (χ2v) is 7.08. The average Bonchev–Trinajstić information content (AvgIpc) is 2.90. The van der Waals surface area contributed by atoms with E-state index >= 15 is 0 Å². The topological polar surface area (TPSA) is 58.2 Å². The summed E-state index contributed by atoms with van der Waals surface area (Å²) in [5.41, 5.74) is 0. The minimum atomic E-state index is -0.792. The molecule has 2 aliphatic heterocycles. The predicted molar refractivity (Wildman–Crippen MR) is 69.2 cm³/mol. The Balaban J connectivity index is 1.69. The summed E-state index contributed by atoms with van der Waals surface area (Å²) in [7, 11) is -0.792. The van der Waals surface area contributed by atoms with Crippen molar-refractivity contribution in [3.05, 3.63) is 0 Å². The average molecular weight is 258 g/mol. The molecule has 1 amide bonds. The van der Waals surface area contributed by atoms with Crippen molar-refractivity contribution >= 4 is 16.7 Å². The van der Waals surface area contributed by atoms with Gasteiger partial charge in [-0.15, -0.1) is 0 Å². The first-order valence-electron chi connectivity index (χ1n) is 6.44. The highest BCUT2D eigenvalue weighted by Gasteiger charge is 2.42. The molecule has 2 N–H and O–H groups in total. The van der Waals surface area contributed by atoms with E-state index in [1.165, 1.54) is 6.42 Å². The molecule has 2 rings (SSSR count). The van der Waals surface area contributed by atoms with E-state index in [4.69, 9.17) is 0 Å². The third kappa shape index (κ3) is 3.07. The lowest BCUT2D eigenvalue weighted by Crippen LogP contribution is -2.38. The minimum Gasteiger partial charge on any atom is -0.356 e. The van der Waals surface area contributed by atoms with Gasteiger partial charge in [-0.2, -0.15) is 0 Å². The zero-order valence-corrected chi connectivity index (χ0v) is 11.4. The third-order valence-electron chi connectivity index (χ3n) is 4.05. The second-order valence-electron chi connectivity index (χ2n) is 5.28. The Bertz CT molecular complexity index is 322. The molecule has 2 heterocycles. The van der Waals surface area contributed by atoms with Crippen LogP contribution in [0.5, 0.6) is 0 Å². The van der Waals surface area contributed by atoms with Gasteiger partial charge in [0.1, 0.15) is 0 Å². The first-order chi connectivity index (χ1) is 8.08. The largest absolute Gasteiger partial charge is 0.356 e. The fourth-order valence-electron chi connectivity index (χ4n) is 2.81. The number of carbonyl (C=O) groups is 1. The van der Waals surface area contributed by atoms with E-state index in [-0.39, 0.29) is 17.1 Å². The summed E-state index contributed by atoms with van der Waals surface area (Å²) >= 11 is 0. The Morgan fingerprint density at radius 1 is 1.53 bits per heavy atom. The van der Waals surface area contributed by atoms with E-state index in [9.17, 15) is 9.00 Å². The standard InChI is InChI=1S/C12H22N2O2S/c1-8(17(2)16)5-6-13-12(15)10-7-9-3-4-11(10)14-9/h8-11,14H,3-7H2,1-2H3,(H,13,15). The molecule has 5 atom stereocenters. The maximum Gasteiger partial charge on any atom is 0.224 e. The van der Waals surface area contributed by atoms with E-state index in [2.05, 4.69) is 10.6 Å². The van der Waals surface area contributed by atoms with Gasteiger partial charge in [0, 0.05) is 40.9 Å². The summed E-state index contributed by atoms with van der Waals surface area (Å²) in [5.74, 6) is 0.343. The summed E-state index contributed by atoms with van der Waals surface area (Å²) in [6.07, 6.45) is 5.86. The van der Waals surface area contributed by atoms with Gasteiger partial charge in [0.05, 0.1) is 5.92 Å². The molecule has 4 nitrogen and oxygen atoms in total. The first kappa shape index (κ1) is 13.0. The lowest BCUT2D eigenvalue weighted by molar-refractivity contribution is -0.125. The number of hydrogen-bond acceptors (Lipinski definition) is 3. The van der Waals surface area contributed by atoms with Crippen LogP contribution < -0.4 is 10.6 Å². The molecule has 5 unspecified atom stereocenters. The molecule has 0 aliphatic carbocycles. The molecular formula is C12H22N2O2S. The number of carbonyl (C=O) groups excluding carboxylic acids is 1. The smallest absolute Gasteiger partial charge is 0.224 e. The normalized spacial score (nSPS) is 34.6. The van der Waals surface area contributed by atoms with Crippen LogP contribution in [-0.2, 0) is 15.6 Å². The summed E-state index contributed by atoms with van der Waals surface area (Å²) in [5, 5.41) is 6.61. The van der Waals surface area contributed by atoms with E-state index in [0.717, 1.165) is 19.3 Å². The molecule has 5 heteroatoms. The van der Waals surface area contributed by atoms with Crippen molar-refractivity contribution in [3.8, 4) is 0 Å². The van der Waals surface area contributed by atoms with Gasteiger partial charge in [-0.1, -0.05) is 6.92 Å². The third-order valence-corrected chi connectivity index (χ3v) is 5.42. The van der Waals surface area contributed by atoms with Crippen LogP contribution in [-0.4, -0.2) is 40.3 Å². The van der Waals surface area contributed by atoms with Gasteiger partial charge < -0.3 is 10.6 Å². The van der Waals surface area contributed by atoms with E-state index in [0.29, 0.717) is 18.6 Å². The van der Waals surface area contributed by atoms with Crippen LogP contribution in [0, 0.1) is 5.92 Å². The fraction of sp³-hybridized carbons (Fsp3) is 0.917. The molecule has 2 bridgehead atoms. The van der Waals surface area contributed by atoms with Gasteiger partial charge in [0.25, 0.3) is 0 Å². The molecule has 2 saturated heterocycles. The molecule has 2 aliphatic rings. The van der Waals surface area contributed by atoms with Gasteiger partial charge in [0.15, 0.2) is 0 Å². The van der Waals surface area contributed by atoms with E-state index in [1.807, 2.05) is 6.92 Å². The number of fused-ring (bicyclic) bond motifs is 2. The van der Waals surface area contributed by atoms with Crippen LogP contribution in [0.25, 0.3) is 0 Å². The van der Waals surface area contributed by atoms with E-state index < -0.39 is 10.8 Å².